The van der Waals surface area contributed by atoms with Crippen molar-refractivity contribution in [3.8, 4) is 0 Å². The molecule has 0 aromatic heterocycles. The number of amides is 1. The Balaban J connectivity index is 2.13. The molecule has 0 bridgehead atoms. The van der Waals surface area contributed by atoms with Gasteiger partial charge in [0, 0.05) is 12.7 Å². The minimum absolute atomic E-state index is 0.401. The van der Waals surface area contributed by atoms with Gasteiger partial charge in [-0.1, -0.05) is 18.2 Å². The average Bonchev–Trinajstić information content (AvgIpc) is 2.52. The second-order valence-corrected chi connectivity index (χ2v) is 4.81. The van der Waals surface area contributed by atoms with Gasteiger partial charge < -0.3 is 30.1 Å². The van der Waals surface area contributed by atoms with Gasteiger partial charge in [-0.25, -0.2) is 0 Å². The maximum Gasteiger partial charge on any atom is 0.251 e. The zero-order valence-corrected chi connectivity index (χ0v) is 11.5. The van der Waals surface area contributed by atoms with Crippen molar-refractivity contribution in [1.82, 2.24) is 5.32 Å². The molecular formula is C14H19NO6. The van der Waals surface area contributed by atoms with Gasteiger partial charge in [0.2, 0.25) is 0 Å². The summed E-state index contributed by atoms with van der Waals surface area (Å²) in [5, 5.41) is 31.9. The summed E-state index contributed by atoms with van der Waals surface area (Å²) in [5.74, 6) is -0.438. The first kappa shape index (κ1) is 15.9. The van der Waals surface area contributed by atoms with Gasteiger partial charge in [0.1, 0.15) is 18.3 Å². The third kappa shape index (κ3) is 3.39. The fourth-order valence-electron chi connectivity index (χ4n) is 2.28. The summed E-state index contributed by atoms with van der Waals surface area (Å²) in [5.41, 5.74) is 0.401. The Morgan fingerprint density at radius 2 is 1.95 bits per heavy atom. The molecule has 1 aromatic carbocycles. The van der Waals surface area contributed by atoms with E-state index < -0.39 is 43.2 Å². The molecule has 0 radical (unpaired) electrons. The minimum Gasteiger partial charge on any atom is -0.394 e. The predicted molar refractivity (Wildman–Crippen MR) is 72.5 cm³/mol. The van der Waals surface area contributed by atoms with E-state index in [1.54, 1.807) is 30.3 Å². The van der Waals surface area contributed by atoms with Crippen LogP contribution in [0.2, 0.25) is 0 Å². The third-order valence-corrected chi connectivity index (χ3v) is 3.45. The zero-order chi connectivity index (χ0) is 15.4. The van der Waals surface area contributed by atoms with Crippen LogP contribution in [-0.4, -0.2) is 65.6 Å². The van der Waals surface area contributed by atoms with E-state index in [1.165, 1.54) is 7.11 Å². The first-order chi connectivity index (χ1) is 10.1. The van der Waals surface area contributed by atoms with Crippen molar-refractivity contribution in [3.63, 3.8) is 0 Å². The van der Waals surface area contributed by atoms with E-state index >= 15 is 0 Å². The average molecular weight is 297 g/mol. The number of ether oxygens (including phenoxy) is 2. The second-order valence-electron chi connectivity index (χ2n) is 4.81. The van der Waals surface area contributed by atoms with Gasteiger partial charge in [-0.05, 0) is 12.1 Å². The van der Waals surface area contributed by atoms with Crippen LogP contribution in [0.15, 0.2) is 30.3 Å². The van der Waals surface area contributed by atoms with Gasteiger partial charge in [0.05, 0.1) is 12.6 Å². The van der Waals surface area contributed by atoms with Gasteiger partial charge in [-0.2, -0.15) is 0 Å². The molecule has 4 N–H and O–H groups in total. The molecular weight excluding hydrogens is 278 g/mol. The normalized spacial score (nSPS) is 32.7. The van der Waals surface area contributed by atoms with Gasteiger partial charge in [-0.3, -0.25) is 4.79 Å². The molecule has 1 aliphatic heterocycles. The highest BCUT2D eigenvalue weighted by Gasteiger charge is 2.45. The summed E-state index contributed by atoms with van der Waals surface area (Å²) in [6.45, 7) is -0.453. The standard InChI is InChI=1S/C14H19NO6/c1-20-14-12(18)10(11(17)9(7-16)21-14)15-13(19)8-5-3-2-4-6-8/h2-6,9-12,14,16-18H,7H2,1H3,(H,15,19)/t9-,10+,11+,12+,14-/m0/s1. The van der Waals surface area contributed by atoms with Crippen LogP contribution in [0.1, 0.15) is 10.4 Å². The fraction of sp³-hybridized carbons (Fsp3) is 0.500. The Morgan fingerprint density at radius 3 is 2.52 bits per heavy atom. The molecule has 7 heteroatoms. The second kappa shape index (κ2) is 6.97. The number of carbonyl (C=O) groups is 1. The third-order valence-electron chi connectivity index (χ3n) is 3.45. The molecule has 2 rings (SSSR count). The molecule has 1 amide bonds. The molecule has 1 saturated heterocycles. The van der Waals surface area contributed by atoms with E-state index in [9.17, 15) is 20.1 Å². The number of hydrogen-bond donors (Lipinski definition) is 4. The summed E-state index contributed by atoms with van der Waals surface area (Å²) < 4.78 is 10.2. The summed E-state index contributed by atoms with van der Waals surface area (Å²) >= 11 is 0. The first-order valence-corrected chi connectivity index (χ1v) is 6.59. The van der Waals surface area contributed by atoms with Crippen molar-refractivity contribution in [1.29, 1.82) is 0 Å². The Morgan fingerprint density at radius 1 is 1.29 bits per heavy atom. The first-order valence-electron chi connectivity index (χ1n) is 6.59. The van der Waals surface area contributed by atoms with Crippen molar-refractivity contribution >= 4 is 5.91 Å². The largest absolute Gasteiger partial charge is 0.394 e. The highest BCUT2D eigenvalue weighted by Crippen LogP contribution is 2.22. The zero-order valence-electron chi connectivity index (χ0n) is 11.5. The molecule has 116 valence electrons. The van der Waals surface area contributed by atoms with Gasteiger partial charge >= 0.3 is 0 Å². The molecule has 0 aliphatic carbocycles. The lowest BCUT2D eigenvalue weighted by Gasteiger charge is -2.41. The number of hydrogen-bond acceptors (Lipinski definition) is 6. The van der Waals surface area contributed by atoms with E-state index in [2.05, 4.69) is 5.32 Å². The Hall–Kier alpha value is -1.51. The molecule has 21 heavy (non-hydrogen) atoms. The van der Waals surface area contributed by atoms with Crippen LogP contribution in [0.25, 0.3) is 0 Å². The number of carbonyl (C=O) groups excluding carboxylic acids is 1. The molecule has 5 atom stereocenters. The fourth-order valence-corrected chi connectivity index (χ4v) is 2.28. The highest BCUT2D eigenvalue weighted by molar-refractivity contribution is 5.94. The quantitative estimate of drug-likeness (QED) is 0.560. The lowest BCUT2D eigenvalue weighted by Crippen LogP contribution is -2.64. The lowest BCUT2D eigenvalue weighted by atomic mass is 9.96. The maximum atomic E-state index is 12.1. The molecule has 1 aromatic rings. The van der Waals surface area contributed by atoms with Crippen LogP contribution in [0.3, 0.4) is 0 Å². The van der Waals surface area contributed by atoms with Crippen LogP contribution in [0.5, 0.6) is 0 Å². The van der Waals surface area contributed by atoms with E-state index in [0.29, 0.717) is 5.56 Å². The van der Waals surface area contributed by atoms with Gasteiger partial charge in [0.25, 0.3) is 5.91 Å². The van der Waals surface area contributed by atoms with Crippen molar-refractivity contribution < 1.29 is 29.6 Å². The number of benzene rings is 1. The molecule has 0 spiro atoms. The summed E-state index contributed by atoms with van der Waals surface area (Å²) in [4.78, 5) is 12.1. The summed E-state index contributed by atoms with van der Waals surface area (Å²) in [6, 6.07) is 7.42. The van der Waals surface area contributed by atoms with Crippen molar-refractivity contribution in [2.24, 2.45) is 0 Å². The smallest absolute Gasteiger partial charge is 0.251 e. The summed E-state index contributed by atoms with van der Waals surface area (Å²) in [7, 11) is 1.33. The minimum atomic E-state index is -1.25. The number of methoxy groups -OCH3 is 1. The molecule has 0 saturated carbocycles. The van der Waals surface area contributed by atoms with Crippen LogP contribution in [-0.2, 0) is 9.47 Å². The number of nitrogens with one attached hydrogen (secondary N) is 1. The maximum absolute atomic E-state index is 12.1. The van der Waals surface area contributed by atoms with Gasteiger partial charge in [0.15, 0.2) is 6.29 Å². The Labute approximate surface area is 122 Å². The highest BCUT2D eigenvalue weighted by atomic mass is 16.7. The Bertz CT molecular complexity index is 452. The molecule has 1 fully saturated rings. The molecule has 1 aliphatic rings. The van der Waals surface area contributed by atoms with Crippen LogP contribution >= 0.6 is 0 Å². The molecule has 0 unspecified atom stereocenters. The monoisotopic (exact) mass is 297 g/mol. The topological polar surface area (TPSA) is 108 Å². The van der Waals surface area contributed by atoms with Crippen LogP contribution in [0, 0.1) is 0 Å². The molecule has 7 nitrogen and oxygen atoms in total. The SMILES string of the molecule is CO[C@H]1O[C@@H](CO)[C@@H](O)[C@@H](NC(=O)c2ccccc2)[C@H]1O. The molecule has 1 heterocycles. The lowest BCUT2D eigenvalue weighted by molar-refractivity contribution is -0.270. The van der Waals surface area contributed by atoms with E-state index in [4.69, 9.17) is 9.47 Å². The summed E-state index contributed by atoms with van der Waals surface area (Å²) in [6.07, 6.45) is -4.48. The van der Waals surface area contributed by atoms with E-state index in [1.807, 2.05) is 0 Å². The predicted octanol–water partition coefficient (Wildman–Crippen LogP) is -1.13. The Kier molecular flexibility index (Phi) is 5.27. The number of aliphatic hydroxyl groups excluding tert-OH is 3. The van der Waals surface area contributed by atoms with Crippen LogP contribution < -0.4 is 5.32 Å². The number of rotatable bonds is 4. The van der Waals surface area contributed by atoms with Gasteiger partial charge in [-0.15, -0.1) is 0 Å². The van der Waals surface area contributed by atoms with Crippen molar-refractivity contribution in [2.75, 3.05) is 13.7 Å². The van der Waals surface area contributed by atoms with Crippen molar-refractivity contribution in [3.05, 3.63) is 35.9 Å². The van der Waals surface area contributed by atoms with E-state index in [0.717, 1.165) is 0 Å². The number of aliphatic hydroxyl groups is 3. The van der Waals surface area contributed by atoms with E-state index in [-0.39, 0.29) is 0 Å². The van der Waals surface area contributed by atoms with Crippen LogP contribution in [0.4, 0.5) is 0 Å². The van der Waals surface area contributed by atoms with Crippen molar-refractivity contribution in [2.45, 2.75) is 30.6 Å².